The molecule has 0 bridgehead atoms. The van der Waals surface area contributed by atoms with Crippen molar-refractivity contribution in [3.63, 3.8) is 0 Å². The highest BCUT2D eigenvalue weighted by Crippen LogP contribution is 2.23. The van der Waals surface area contributed by atoms with E-state index in [0.29, 0.717) is 5.95 Å². The van der Waals surface area contributed by atoms with E-state index in [1.54, 1.807) is 6.07 Å². The predicted molar refractivity (Wildman–Crippen MR) is 67.4 cm³/mol. The molecule has 0 saturated heterocycles. The Bertz CT molecular complexity index is 533. The number of likely N-dealkylation sites (N-methyl/N-ethyl adjacent to an activating group) is 1. The van der Waals surface area contributed by atoms with E-state index in [9.17, 15) is 4.39 Å². The Labute approximate surface area is 99.8 Å². The largest absolute Gasteiger partial charge is 0.369 e. The molecule has 0 saturated carbocycles. The summed E-state index contributed by atoms with van der Waals surface area (Å²) < 4.78 is 15.1. The van der Waals surface area contributed by atoms with Gasteiger partial charge in [-0.05, 0) is 39.2 Å². The minimum atomic E-state index is -0.268. The molecule has 2 rings (SSSR count). The van der Waals surface area contributed by atoms with Crippen molar-refractivity contribution >= 4 is 17.0 Å². The molecule has 4 nitrogen and oxygen atoms in total. The minimum Gasteiger partial charge on any atom is -0.369 e. The average molecular weight is 236 g/mol. The van der Waals surface area contributed by atoms with Crippen molar-refractivity contribution in [1.82, 2.24) is 14.5 Å². The van der Waals surface area contributed by atoms with E-state index < -0.39 is 0 Å². The molecule has 1 heterocycles. The van der Waals surface area contributed by atoms with Crippen LogP contribution in [0.15, 0.2) is 18.2 Å². The van der Waals surface area contributed by atoms with Gasteiger partial charge in [-0.15, -0.1) is 0 Å². The molecule has 92 valence electrons. The SMILES string of the molecule is CC(CN(C)C)n1c(N)nc2ccc(F)cc21. The molecule has 0 radical (unpaired) electrons. The van der Waals surface area contributed by atoms with E-state index >= 15 is 0 Å². The summed E-state index contributed by atoms with van der Waals surface area (Å²) in [5, 5.41) is 0. The van der Waals surface area contributed by atoms with E-state index in [2.05, 4.69) is 9.88 Å². The van der Waals surface area contributed by atoms with Gasteiger partial charge in [0, 0.05) is 12.6 Å². The molecular formula is C12H17FN4. The van der Waals surface area contributed by atoms with E-state index in [0.717, 1.165) is 17.6 Å². The van der Waals surface area contributed by atoms with Crippen LogP contribution in [0.1, 0.15) is 13.0 Å². The first-order valence-corrected chi connectivity index (χ1v) is 5.56. The summed E-state index contributed by atoms with van der Waals surface area (Å²) in [6, 6.07) is 4.68. The second kappa shape index (κ2) is 4.33. The van der Waals surface area contributed by atoms with Crippen molar-refractivity contribution < 1.29 is 4.39 Å². The lowest BCUT2D eigenvalue weighted by molar-refractivity contribution is 0.342. The van der Waals surface area contributed by atoms with E-state index in [4.69, 9.17) is 5.73 Å². The standard InChI is InChI=1S/C12H17FN4/c1-8(7-16(2)3)17-11-6-9(13)4-5-10(11)15-12(17)14/h4-6,8H,7H2,1-3H3,(H2,14,15). The molecule has 0 aliphatic rings. The highest BCUT2D eigenvalue weighted by Gasteiger charge is 2.14. The lowest BCUT2D eigenvalue weighted by atomic mass is 10.2. The van der Waals surface area contributed by atoms with E-state index in [1.165, 1.54) is 12.1 Å². The molecule has 0 amide bonds. The fraction of sp³-hybridized carbons (Fsp3) is 0.417. The molecule has 1 unspecified atom stereocenters. The third-order valence-electron chi connectivity index (χ3n) is 2.75. The van der Waals surface area contributed by atoms with Gasteiger partial charge in [0.15, 0.2) is 0 Å². The van der Waals surface area contributed by atoms with Crippen LogP contribution >= 0.6 is 0 Å². The lowest BCUT2D eigenvalue weighted by Crippen LogP contribution is -2.23. The Hall–Kier alpha value is -1.62. The zero-order valence-corrected chi connectivity index (χ0v) is 10.3. The van der Waals surface area contributed by atoms with Gasteiger partial charge >= 0.3 is 0 Å². The number of benzene rings is 1. The van der Waals surface area contributed by atoms with Gasteiger partial charge in [0.25, 0.3) is 0 Å². The topological polar surface area (TPSA) is 47.1 Å². The van der Waals surface area contributed by atoms with Crippen molar-refractivity contribution in [3.05, 3.63) is 24.0 Å². The zero-order valence-electron chi connectivity index (χ0n) is 10.3. The van der Waals surface area contributed by atoms with Crippen LogP contribution in [0.2, 0.25) is 0 Å². The van der Waals surface area contributed by atoms with Crippen LogP contribution in [0.25, 0.3) is 11.0 Å². The summed E-state index contributed by atoms with van der Waals surface area (Å²) in [6.45, 7) is 2.87. The maximum Gasteiger partial charge on any atom is 0.201 e. The van der Waals surface area contributed by atoms with Gasteiger partial charge in [-0.2, -0.15) is 0 Å². The maximum absolute atomic E-state index is 13.3. The van der Waals surface area contributed by atoms with Crippen molar-refractivity contribution in [2.45, 2.75) is 13.0 Å². The first-order valence-electron chi connectivity index (χ1n) is 5.56. The second-order valence-electron chi connectivity index (χ2n) is 4.58. The Balaban J connectivity index is 2.51. The number of imidazole rings is 1. The molecule has 0 fully saturated rings. The molecular weight excluding hydrogens is 219 g/mol. The number of rotatable bonds is 3. The third kappa shape index (κ3) is 2.24. The molecule has 0 aliphatic carbocycles. The van der Waals surface area contributed by atoms with Gasteiger partial charge in [0.1, 0.15) is 5.82 Å². The second-order valence-corrected chi connectivity index (χ2v) is 4.58. The van der Waals surface area contributed by atoms with Crippen molar-refractivity contribution in [3.8, 4) is 0 Å². The smallest absolute Gasteiger partial charge is 0.201 e. The van der Waals surface area contributed by atoms with Crippen LogP contribution in [0.4, 0.5) is 10.3 Å². The summed E-state index contributed by atoms with van der Waals surface area (Å²) in [5.74, 6) is 0.163. The zero-order chi connectivity index (χ0) is 12.6. The fourth-order valence-electron chi connectivity index (χ4n) is 2.16. The number of fused-ring (bicyclic) bond motifs is 1. The fourth-order valence-corrected chi connectivity index (χ4v) is 2.16. The Morgan fingerprint density at radius 3 is 2.82 bits per heavy atom. The number of nitrogens with zero attached hydrogens (tertiary/aromatic N) is 3. The van der Waals surface area contributed by atoms with Crippen LogP contribution < -0.4 is 5.73 Å². The van der Waals surface area contributed by atoms with Crippen molar-refractivity contribution in [2.75, 3.05) is 26.4 Å². The third-order valence-corrected chi connectivity index (χ3v) is 2.75. The molecule has 1 aromatic carbocycles. The molecule has 1 aromatic heterocycles. The number of hydrogen-bond donors (Lipinski definition) is 1. The highest BCUT2D eigenvalue weighted by molar-refractivity contribution is 5.78. The van der Waals surface area contributed by atoms with Crippen molar-refractivity contribution in [2.24, 2.45) is 0 Å². The van der Waals surface area contributed by atoms with E-state index in [1.807, 2.05) is 25.6 Å². The molecule has 2 N–H and O–H groups in total. The highest BCUT2D eigenvalue weighted by atomic mass is 19.1. The summed E-state index contributed by atoms with van der Waals surface area (Å²) >= 11 is 0. The van der Waals surface area contributed by atoms with Gasteiger partial charge in [0.2, 0.25) is 5.95 Å². The molecule has 1 atom stereocenters. The lowest BCUT2D eigenvalue weighted by Gasteiger charge is -2.20. The maximum atomic E-state index is 13.3. The molecule has 2 aromatic rings. The first kappa shape index (κ1) is 11.9. The summed E-state index contributed by atoms with van der Waals surface area (Å²) in [6.07, 6.45) is 0. The number of anilines is 1. The minimum absolute atomic E-state index is 0.150. The van der Waals surface area contributed by atoms with Crippen LogP contribution in [0.5, 0.6) is 0 Å². The van der Waals surface area contributed by atoms with Crippen LogP contribution in [-0.4, -0.2) is 35.1 Å². The molecule has 17 heavy (non-hydrogen) atoms. The Morgan fingerprint density at radius 1 is 1.47 bits per heavy atom. The van der Waals surface area contributed by atoms with Gasteiger partial charge in [-0.3, -0.25) is 0 Å². The molecule has 0 spiro atoms. The van der Waals surface area contributed by atoms with Gasteiger partial charge in [-0.25, -0.2) is 9.37 Å². The predicted octanol–water partition coefficient (Wildman–Crippen LogP) is 1.88. The van der Waals surface area contributed by atoms with Gasteiger partial charge in [0.05, 0.1) is 11.0 Å². The number of hydrogen-bond acceptors (Lipinski definition) is 3. The average Bonchev–Trinajstić information content (AvgIpc) is 2.52. The van der Waals surface area contributed by atoms with Crippen LogP contribution in [0, 0.1) is 5.82 Å². The number of nitrogens with two attached hydrogens (primary N) is 1. The molecule has 0 aliphatic heterocycles. The van der Waals surface area contributed by atoms with Gasteiger partial charge < -0.3 is 15.2 Å². The summed E-state index contributed by atoms with van der Waals surface area (Å²) in [5.41, 5.74) is 7.37. The molecule has 5 heteroatoms. The first-order chi connectivity index (χ1) is 7.99. The van der Waals surface area contributed by atoms with E-state index in [-0.39, 0.29) is 11.9 Å². The van der Waals surface area contributed by atoms with Crippen LogP contribution in [-0.2, 0) is 0 Å². The summed E-state index contributed by atoms with van der Waals surface area (Å²) in [7, 11) is 3.98. The normalized spacial score (nSPS) is 13.5. The number of nitrogen functional groups attached to an aromatic ring is 1. The van der Waals surface area contributed by atoms with Crippen molar-refractivity contribution in [1.29, 1.82) is 0 Å². The quantitative estimate of drug-likeness (QED) is 0.885. The van der Waals surface area contributed by atoms with Crippen LogP contribution in [0.3, 0.4) is 0 Å². The summed E-state index contributed by atoms with van der Waals surface area (Å²) in [4.78, 5) is 6.30. The number of aromatic nitrogens is 2. The number of halogens is 1. The monoisotopic (exact) mass is 236 g/mol. The Morgan fingerprint density at radius 2 is 2.18 bits per heavy atom. The Kier molecular flexibility index (Phi) is 3.02. The van der Waals surface area contributed by atoms with Gasteiger partial charge in [-0.1, -0.05) is 0 Å².